The number of carbonyl (C=O) groups excluding carboxylic acids is 3. The van der Waals surface area contributed by atoms with Crippen LogP contribution in [0.4, 0.5) is 14.9 Å². The van der Waals surface area contributed by atoms with Crippen LogP contribution in [-0.2, 0) is 9.59 Å². The average Bonchev–Trinajstić information content (AvgIpc) is 3.00. The number of rotatable bonds is 8. The van der Waals surface area contributed by atoms with E-state index in [0.29, 0.717) is 34.7 Å². The van der Waals surface area contributed by atoms with Crippen LogP contribution in [-0.4, -0.2) is 42.5 Å². The first-order valence-electron chi connectivity index (χ1n) is 9.82. The van der Waals surface area contributed by atoms with E-state index in [-0.39, 0.29) is 11.4 Å². The van der Waals surface area contributed by atoms with Gasteiger partial charge in [-0.3, -0.25) is 9.59 Å². The van der Waals surface area contributed by atoms with E-state index in [4.69, 9.17) is 9.47 Å². The maximum atomic E-state index is 13.7. The molecule has 4 amide bonds. The number of halogens is 2. The van der Waals surface area contributed by atoms with Gasteiger partial charge in [0.15, 0.2) is 11.5 Å². The minimum absolute atomic E-state index is 0.00722. The zero-order valence-electron chi connectivity index (χ0n) is 17.4. The lowest BCUT2D eigenvalue weighted by molar-refractivity contribution is -0.127. The molecule has 0 unspecified atom stereocenters. The quantitative estimate of drug-likeness (QED) is 0.418. The van der Waals surface area contributed by atoms with Gasteiger partial charge in [-0.2, -0.15) is 0 Å². The summed E-state index contributed by atoms with van der Waals surface area (Å²) in [4.78, 5) is 37.9. The number of benzene rings is 2. The normalized spacial score (nSPS) is 14.5. The molecular weight excluding hydrogens is 485 g/mol. The number of nitrogens with one attached hydrogen (secondary N) is 2. The smallest absolute Gasteiger partial charge is 0.329 e. The molecule has 0 radical (unpaired) electrons. The number of nitrogens with zero attached hydrogens (tertiary/aromatic N) is 1. The maximum Gasteiger partial charge on any atom is 0.329 e. The Balaban J connectivity index is 1.78. The molecule has 3 rings (SSSR count). The fraction of sp³-hybridized carbons (Fsp3) is 0.227. The summed E-state index contributed by atoms with van der Waals surface area (Å²) in [5.41, 5.74) is 0.528. The largest absolute Gasteiger partial charge is 0.490 e. The highest BCUT2D eigenvalue weighted by Gasteiger charge is 2.35. The Hall–Kier alpha value is -3.40. The molecule has 2 aromatic rings. The van der Waals surface area contributed by atoms with Crippen molar-refractivity contribution in [1.29, 1.82) is 0 Å². The zero-order valence-corrected chi connectivity index (χ0v) is 19.0. The third-order valence-electron chi connectivity index (χ3n) is 4.34. The van der Waals surface area contributed by atoms with Crippen molar-refractivity contribution in [3.8, 4) is 11.5 Å². The third-order valence-corrected chi connectivity index (χ3v) is 4.93. The van der Waals surface area contributed by atoms with Crippen LogP contribution in [0.1, 0.15) is 19.4 Å². The predicted molar refractivity (Wildman–Crippen MR) is 120 cm³/mol. The molecule has 1 aliphatic rings. The van der Waals surface area contributed by atoms with Crippen molar-refractivity contribution in [3.05, 3.63) is 57.9 Å². The van der Waals surface area contributed by atoms with E-state index >= 15 is 0 Å². The molecule has 8 nitrogen and oxygen atoms in total. The van der Waals surface area contributed by atoms with Gasteiger partial charge in [-0.1, -0.05) is 12.1 Å². The van der Waals surface area contributed by atoms with Crippen molar-refractivity contribution in [1.82, 2.24) is 10.2 Å². The second kappa shape index (κ2) is 10.3. The number of hydrogen-bond donors (Lipinski definition) is 2. The van der Waals surface area contributed by atoms with Gasteiger partial charge in [-0.15, -0.1) is 0 Å². The van der Waals surface area contributed by atoms with Gasteiger partial charge in [0.05, 0.1) is 23.4 Å². The lowest BCUT2D eigenvalue weighted by Crippen LogP contribution is -2.38. The summed E-state index contributed by atoms with van der Waals surface area (Å²) >= 11 is 3.43. The van der Waals surface area contributed by atoms with Gasteiger partial charge < -0.3 is 20.1 Å². The molecule has 0 saturated carbocycles. The van der Waals surface area contributed by atoms with Crippen LogP contribution >= 0.6 is 15.9 Å². The summed E-state index contributed by atoms with van der Waals surface area (Å²) < 4.78 is 25.5. The number of carbonyl (C=O) groups is 3. The highest BCUT2D eigenvalue weighted by atomic mass is 79.9. The summed E-state index contributed by atoms with van der Waals surface area (Å²) in [5, 5.41) is 4.80. The fourth-order valence-corrected chi connectivity index (χ4v) is 3.57. The topological polar surface area (TPSA) is 97.0 Å². The van der Waals surface area contributed by atoms with Gasteiger partial charge in [-0.05, 0) is 65.7 Å². The summed E-state index contributed by atoms with van der Waals surface area (Å²) in [6, 6.07) is 8.25. The minimum Gasteiger partial charge on any atom is -0.490 e. The molecule has 0 bridgehead atoms. The fourth-order valence-electron chi connectivity index (χ4n) is 3.00. The van der Waals surface area contributed by atoms with Crippen LogP contribution in [0.25, 0.3) is 6.08 Å². The third kappa shape index (κ3) is 5.25. The van der Waals surface area contributed by atoms with Crippen molar-refractivity contribution < 1.29 is 28.2 Å². The second-order valence-electron chi connectivity index (χ2n) is 6.60. The molecule has 0 aromatic heterocycles. The Morgan fingerprint density at radius 2 is 1.91 bits per heavy atom. The van der Waals surface area contributed by atoms with E-state index < -0.39 is 30.2 Å². The minimum atomic E-state index is -0.750. The molecule has 1 fully saturated rings. The first kappa shape index (κ1) is 23.3. The standard InChI is InChI=1S/C22H21BrFN3O5/c1-3-31-18-11-13(9-14(23)20(18)32-4-2)10-17-21(29)27(22(30)26-17)12-19(28)25-16-8-6-5-7-15(16)24/h5-11H,3-4,12H2,1-2H3,(H,25,28)(H,26,30)/b17-10+. The van der Waals surface area contributed by atoms with Gasteiger partial charge in [0, 0.05) is 0 Å². The number of urea groups is 1. The van der Waals surface area contributed by atoms with Crippen molar-refractivity contribution in [2.75, 3.05) is 25.1 Å². The highest BCUT2D eigenvalue weighted by molar-refractivity contribution is 9.10. The number of para-hydroxylation sites is 1. The van der Waals surface area contributed by atoms with Crippen LogP contribution in [0.2, 0.25) is 0 Å². The summed E-state index contributed by atoms with van der Waals surface area (Å²) in [7, 11) is 0. The Morgan fingerprint density at radius 3 is 2.59 bits per heavy atom. The Bertz CT molecular complexity index is 1090. The van der Waals surface area contributed by atoms with Gasteiger partial charge in [0.25, 0.3) is 5.91 Å². The molecule has 1 saturated heterocycles. The van der Waals surface area contributed by atoms with Gasteiger partial charge in [-0.25, -0.2) is 14.1 Å². The Labute approximate surface area is 192 Å². The molecule has 2 aromatic carbocycles. The number of anilines is 1. The number of hydrogen-bond acceptors (Lipinski definition) is 5. The van der Waals surface area contributed by atoms with Crippen LogP contribution in [0.15, 0.2) is 46.6 Å². The van der Waals surface area contributed by atoms with Crippen molar-refractivity contribution in [2.24, 2.45) is 0 Å². The lowest BCUT2D eigenvalue weighted by atomic mass is 10.1. The van der Waals surface area contributed by atoms with Crippen LogP contribution in [0.3, 0.4) is 0 Å². The molecule has 2 N–H and O–H groups in total. The number of imide groups is 1. The van der Waals surface area contributed by atoms with Crippen molar-refractivity contribution >= 4 is 45.5 Å². The molecule has 0 atom stereocenters. The first-order valence-corrected chi connectivity index (χ1v) is 10.6. The SMILES string of the molecule is CCOc1cc(/C=C2/NC(=O)N(CC(=O)Nc3ccccc3F)C2=O)cc(Br)c1OCC. The Morgan fingerprint density at radius 1 is 1.19 bits per heavy atom. The highest BCUT2D eigenvalue weighted by Crippen LogP contribution is 2.37. The summed E-state index contributed by atoms with van der Waals surface area (Å²) in [6.45, 7) is 3.97. The van der Waals surface area contributed by atoms with E-state index in [1.165, 1.54) is 24.3 Å². The van der Waals surface area contributed by atoms with E-state index in [1.54, 1.807) is 18.2 Å². The summed E-state index contributed by atoms with van der Waals surface area (Å²) in [6.07, 6.45) is 1.47. The molecule has 10 heteroatoms. The summed E-state index contributed by atoms with van der Waals surface area (Å²) in [5.74, 6) is -0.994. The molecule has 0 aliphatic carbocycles. The van der Waals surface area contributed by atoms with E-state index in [0.717, 1.165) is 4.90 Å². The average molecular weight is 506 g/mol. The van der Waals surface area contributed by atoms with E-state index in [1.807, 2.05) is 13.8 Å². The van der Waals surface area contributed by atoms with E-state index in [9.17, 15) is 18.8 Å². The zero-order chi connectivity index (χ0) is 23.3. The van der Waals surface area contributed by atoms with Crippen LogP contribution in [0, 0.1) is 5.82 Å². The molecule has 32 heavy (non-hydrogen) atoms. The van der Waals surface area contributed by atoms with Crippen LogP contribution < -0.4 is 20.1 Å². The van der Waals surface area contributed by atoms with Crippen LogP contribution in [0.5, 0.6) is 11.5 Å². The Kier molecular flexibility index (Phi) is 7.47. The van der Waals surface area contributed by atoms with Crippen molar-refractivity contribution in [3.63, 3.8) is 0 Å². The monoisotopic (exact) mass is 505 g/mol. The van der Waals surface area contributed by atoms with Gasteiger partial charge >= 0.3 is 6.03 Å². The first-order chi connectivity index (χ1) is 15.3. The van der Waals surface area contributed by atoms with Gasteiger partial charge in [0.2, 0.25) is 5.91 Å². The molecular formula is C22H21BrFN3O5. The molecule has 1 heterocycles. The second-order valence-corrected chi connectivity index (χ2v) is 7.46. The maximum absolute atomic E-state index is 13.7. The number of amides is 4. The number of ether oxygens (including phenoxy) is 2. The van der Waals surface area contributed by atoms with Crippen molar-refractivity contribution in [2.45, 2.75) is 13.8 Å². The lowest BCUT2D eigenvalue weighted by Gasteiger charge is -2.13. The predicted octanol–water partition coefficient (Wildman–Crippen LogP) is 3.92. The molecule has 0 spiro atoms. The molecule has 1 aliphatic heterocycles. The van der Waals surface area contributed by atoms with Gasteiger partial charge in [0.1, 0.15) is 18.1 Å². The van der Waals surface area contributed by atoms with E-state index in [2.05, 4.69) is 26.6 Å². The molecule has 168 valence electrons.